The van der Waals surface area contributed by atoms with E-state index in [0.717, 1.165) is 6.42 Å². The monoisotopic (exact) mass is 258 g/mol. The predicted octanol–water partition coefficient (Wildman–Crippen LogP) is 1.88. The Bertz CT molecular complexity index is 294. The number of carbonyl (C=O) groups is 3. The Morgan fingerprint density at radius 3 is 2.22 bits per heavy atom. The van der Waals surface area contributed by atoms with Gasteiger partial charge < -0.3 is 9.47 Å². The van der Waals surface area contributed by atoms with Gasteiger partial charge in [0.2, 0.25) is 0 Å². The number of hydrogen-bond donors (Lipinski definition) is 0. The van der Waals surface area contributed by atoms with Gasteiger partial charge in [0.1, 0.15) is 5.78 Å². The van der Waals surface area contributed by atoms with Gasteiger partial charge >= 0.3 is 11.9 Å². The van der Waals surface area contributed by atoms with Gasteiger partial charge in [-0.15, -0.1) is 0 Å². The van der Waals surface area contributed by atoms with Crippen LogP contribution in [-0.2, 0) is 23.9 Å². The normalized spacial score (nSPS) is 19.9. The van der Waals surface area contributed by atoms with Gasteiger partial charge in [0.25, 0.3) is 0 Å². The van der Waals surface area contributed by atoms with Gasteiger partial charge in [-0.2, -0.15) is 0 Å². The third kappa shape index (κ3) is 6.49. The summed E-state index contributed by atoms with van der Waals surface area (Å²) in [4.78, 5) is 31.4. The minimum absolute atomic E-state index is 0.127. The molecular weight excluding hydrogens is 236 g/mol. The average molecular weight is 258 g/mol. The summed E-state index contributed by atoms with van der Waals surface area (Å²) in [5.41, 5.74) is 0. The van der Waals surface area contributed by atoms with E-state index < -0.39 is 0 Å². The highest BCUT2D eigenvalue weighted by atomic mass is 16.6. The molecular formula is C13H22O5. The highest BCUT2D eigenvalue weighted by Crippen LogP contribution is 2.18. The minimum Gasteiger partial charge on any atom is -0.393 e. The first-order chi connectivity index (χ1) is 8.44. The zero-order chi connectivity index (χ0) is 14.1. The summed E-state index contributed by atoms with van der Waals surface area (Å²) in [5.74, 6) is -0.712. The number of ketones is 1. The Balaban J connectivity index is 0.000000321. The Labute approximate surface area is 108 Å². The Morgan fingerprint density at radius 2 is 2.06 bits per heavy atom. The fourth-order valence-electron chi connectivity index (χ4n) is 1.55. The lowest BCUT2D eigenvalue weighted by molar-refractivity contribution is -0.153. The summed E-state index contributed by atoms with van der Waals surface area (Å²) in [6.07, 6.45) is 2.56. The third-order valence-electron chi connectivity index (χ3n) is 2.76. The summed E-state index contributed by atoms with van der Waals surface area (Å²) in [6.45, 7) is 5.46. The van der Waals surface area contributed by atoms with Crippen LogP contribution in [0.2, 0.25) is 0 Å². The van der Waals surface area contributed by atoms with Crippen molar-refractivity contribution in [3.05, 3.63) is 0 Å². The van der Waals surface area contributed by atoms with Crippen LogP contribution in [0.25, 0.3) is 0 Å². The Morgan fingerprint density at radius 1 is 1.44 bits per heavy atom. The molecule has 0 saturated carbocycles. The maximum Gasteiger partial charge on any atom is 0.317 e. The van der Waals surface area contributed by atoms with E-state index in [4.69, 9.17) is 4.74 Å². The lowest BCUT2D eigenvalue weighted by Crippen LogP contribution is -2.12. The fraction of sp³-hybridized carbons (Fsp3) is 0.769. The first-order valence-corrected chi connectivity index (χ1v) is 6.21. The van der Waals surface area contributed by atoms with E-state index in [1.165, 1.54) is 0 Å². The molecule has 0 N–H and O–H groups in total. The lowest BCUT2D eigenvalue weighted by Gasteiger charge is -2.08. The van der Waals surface area contributed by atoms with Crippen molar-refractivity contribution in [2.75, 3.05) is 7.11 Å². The first-order valence-electron chi connectivity index (χ1n) is 6.21. The van der Waals surface area contributed by atoms with Gasteiger partial charge in [-0.05, 0) is 19.8 Å². The lowest BCUT2D eigenvalue weighted by atomic mass is 10.1. The quantitative estimate of drug-likeness (QED) is 0.556. The highest BCUT2D eigenvalue weighted by Gasteiger charge is 2.31. The number of ether oxygens (including phenoxy) is 2. The van der Waals surface area contributed by atoms with Crippen molar-refractivity contribution in [2.45, 2.75) is 52.6 Å². The summed E-state index contributed by atoms with van der Waals surface area (Å²) >= 11 is 0. The molecule has 0 aromatic rings. The van der Waals surface area contributed by atoms with Crippen LogP contribution in [0.1, 0.15) is 46.5 Å². The average Bonchev–Trinajstić information content (AvgIpc) is 2.65. The van der Waals surface area contributed by atoms with Crippen molar-refractivity contribution in [1.82, 2.24) is 0 Å². The van der Waals surface area contributed by atoms with E-state index in [2.05, 4.69) is 4.74 Å². The van der Waals surface area contributed by atoms with Crippen LogP contribution in [0.15, 0.2) is 0 Å². The molecule has 0 radical (unpaired) electrons. The topological polar surface area (TPSA) is 69.7 Å². The van der Waals surface area contributed by atoms with Crippen LogP contribution in [0, 0.1) is 5.92 Å². The van der Waals surface area contributed by atoms with Crippen molar-refractivity contribution < 1.29 is 23.9 Å². The first kappa shape index (κ1) is 16.8. The molecule has 1 rings (SSSR count). The van der Waals surface area contributed by atoms with Gasteiger partial charge in [-0.1, -0.05) is 13.8 Å². The SMILES string of the molecule is CCC(CC(C)=O)OC.CCC1CC(=O)OC1=O. The van der Waals surface area contributed by atoms with E-state index in [-0.39, 0.29) is 36.2 Å². The van der Waals surface area contributed by atoms with Gasteiger partial charge in [0.15, 0.2) is 0 Å². The number of rotatable bonds is 5. The molecule has 2 unspecified atom stereocenters. The van der Waals surface area contributed by atoms with Crippen LogP contribution < -0.4 is 0 Å². The second kappa shape index (κ2) is 8.80. The van der Waals surface area contributed by atoms with Crippen LogP contribution in [0.4, 0.5) is 0 Å². The van der Waals surface area contributed by atoms with Gasteiger partial charge in [-0.25, -0.2) is 0 Å². The zero-order valence-corrected chi connectivity index (χ0v) is 11.5. The molecule has 0 amide bonds. The molecule has 0 spiro atoms. The standard InChI is InChI=1S/C7H14O2.C6H8O3/c1-4-7(9-3)5-6(2)8;1-2-4-3-5(7)9-6(4)8/h7H,4-5H2,1-3H3;4H,2-3H2,1H3. The van der Waals surface area contributed by atoms with Crippen molar-refractivity contribution in [3.8, 4) is 0 Å². The van der Waals surface area contributed by atoms with Crippen molar-refractivity contribution in [1.29, 1.82) is 0 Å². The molecule has 18 heavy (non-hydrogen) atoms. The van der Waals surface area contributed by atoms with Crippen LogP contribution in [0.5, 0.6) is 0 Å². The smallest absolute Gasteiger partial charge is 0.317 e. The summed E-state index contributed by atoms with van der Waals surface area (Å²) in [6, 6.07) is 0. The van der Waals surface area contributed by atoms with Crippen molar-refractivity contribution in [2.24, 2.45) is 5.92 Å². The van der Waals surface area contributed by atoms with Crippen LogP contribution >= 0.6 is 0 Å². The number of Topliss-reactive ketones (excluding diaryl/α,β-unsaturated/α-hetero) is 1. The van der Waals surface area contributed by atoms with Crippen molar-refractivity contribution >= 4 is 17.7 Å². The van der Waals surface area contributed by atoms with E-state index in [9.17, 15) is 14.4 Å². The minimum atomic E-state index is -0.383. The largest absolute Gasteiger partial charge is 0.393 e. The molecule has 5 heteroatoms. The molecule has 1 aliphatic heterocycles. The summed E-state index contributed by atoms with van der Waals surface area (Å²) < 4.78 is 9.28. The molecule has 1 aliphatic rings. The number of hydrogen-bond acceptors (Lipinski definition) is 5. The molecule has 1 fully saturated rings. The van der Waals surface area contributed by atoms with E-state index in [1.54, 1.807) is 14.0 Å². The molecule has 1 saturated heterocycles. The highest BCUT2D eigenvalue weighted by molar-refractivity contribution is 5.94. The number of cyclic esters (lactones) is 2. The molecule has 0 aromatic heterocycles. The maximum absolute atomic E-state index is 10.6. The maximum atomic E-state index is 10.6. The van der Waals surface area contributed by atoms with Gasteiger partial charge in [0, 0.05) is 13.5 Å². The van der Waals surface area contributed by atoms with E-state index in [0.29, 0.717) is 12.8 Å². The number of methoxy groups -OCH3 is 1. The van der Waals surface area contributed by atoms with Crippen LogP contribution in [0.3, 0.4) is 0 Å². The summed E-state index contributed by atoms with van der Waals surface area (Å²) in [5, 5.41) is 0. The Hall–Kier alpha value is -1.23. The molecule has 104 valence electrons. The fourth-order valence-corrected chi connectivity index (χ4v) is 1.55. The molecule has 0 aromatic carbocycles. The second-order valence-corrected chi connectivity index (χ2v) is 4.27. The van der Waals surface area contributed by atoms with Crippen LogP contribution in [-0.4, -0.2) is 30.9 Å². The second-order valence-electron chi connectivity index (χ2n) is 4.27. The molecule has 2 atom stereocenters. The summed E-state index contributed by atoms with van der Waals surface area (Å²) in [7, 11) is 1.64. The molecule has 5 nitrogen and oxygen atoms in total. The number of esters is 2. The number of carbonyl (C=O) groups excluding carboxylic acids is 3. The van der Waals surface area contributed by atoms with E-state index >= 15 is 0 Å². The van der Waals surface area contributed by atoms with Gasteiger partial charge in [0.05, 0.1) is 18.4 Å². The molecule has 1 heterocycles. The third-order valence-corrected chi connectivity index (χ3v) is 2.76. The van der Waals surface area contributed by atoms with Crippen molar-refractivity contribution in [3.63, 3.8) is 0 Å². The molecule has 0 aliphatic carbocycles. The zero-order valence-electron chi connectivity index (χ0n) is 11.5. The van der Waals surface area contributed by atoms with E-state index in [1.807, 2.05) is 13.8 Å². The molecule has 0 bridgehead atoms. The van der Waals surface area contributed by atoms with Gasteiger partial charge in [-0.3, -0.25) is 14.4 Å². The Kier molecular flexibility index (Phi) is 8.20. The predicted molar refractivity (Wildman–Crippen MR) is 65.9 cm³/mol.